The Kier molecular flexibility index (Phi) is 7.50. The minimum absolute atomic E-state index is 0.127. The van der Waals surface area contributed by atoms with Crippen LogP contribution in [0.3, 0.4) is 0 Å². The zero-order valence-corrected chi connectivity index (χ0v) is 11.4. The Morgan fingerprint density at radius 2 is 1.95 bits per heavy atom. The van der Waals surface area contributed by atoms with Crippen molar-refractivity contribution in [1.29, 1.82) is 0 Å². The van der Waals surface area contributed by atoms with Crippen molar-refractivity contribution in [1.82, 2.24) is 10.2 Å². The summed E-state index contributed by atoms with van der Waals surface area (Å²) in [5.41, 5.74) is 4.94. The fraction of sp³-hybridized carbons (Fsp3) is 0.727. The van der Waals surface area contributed by atoms with E-state index in [1.54, 1.807) is 13.8 Å². The molecule has 0 bridgehead atoms. The van der Waals surface area contributed by atoms with Gasteiger partial charge in [0.2, 0.25) is 5.91 Å². The summed E-state index contributed by atoms with van der Waals surface area (Å²) in [6.45, 7) is 4.24. The quantitative estimate of drug-likeness (QED) is 0.545. The molecule has 0 saturated heterocycles. The molecule has 0 aromatic carbocycles. The highest BCUT2D eigenvalue weighted by molar-refractivity contribution is 5.87. The molecule has 1 unspecified atom stereocenters. The number of carboxylic acids is 1. The van der Waals surface area contributed by atoms with E-state index in [1.807, 2.05) is 0 Å². The van der Waals surface area contributed by atoms with Crippen molar-refractivity contribution >= 4 is 17.9 Å². The van der Waals surface area contributed by atoms with Crippen molar-refractivity contribution in [2.75, 3.05) is 20.3 Å². The van der Waals surface area contributed by atoms with Gasteiger partial charge in [0.05, 0.1) is 13.0 Å². The van der Waals surface area contributed by atoms with Crippen LogP contribution in [0.5, 0.6) is 0 Å². The third kappa shape index (κ3) is 6.61. The van der Waals surface area contributed by atoms with Crippen molar-refractivity contribution in [3.8, 4) is 0 Å². The highest BCUT2D eigenvalue weighted by atomic mass is 16.5. The molecule has 0 aliphatic carbocycles. The van der Waals surface area contributed by atoms with Gasteiger partial charge in [0.1, 0.15) is 6.04 Å². The van der Waals surface area contributed by atoms with Gasteiger partial charge >= 0.3 is 12.0 Å². The number of carboxylic acid groups (broad SMARTS) is 1. The molecule has 0 aliphatic rings. The lowest BCUT2D eigenvalue weighted by molar-refractivity contribution is -0.141. The number of methoxy groups -OCH3 is 1. The van der Waals surface area contributed by atoms with Crippen LogP contribution >= 0.6 is 0 Å². The van der Waals surface area contributed by atoms with Gasteiger partial charge in [-0.05, 0) is 13.8 Å². The first kappa shape index (κ1) is 17.2. The van der Waals surface area contributed by atoms with Crippen LogP contribution in [0.2, 0.25) is 0 Å². The summed E-state index contributed by atoms with van der Waals surface area (Å²) in [5, 5.41) is 11.2. The molecule has 8 nitrogen and oxygen atoms in total. The molecule has 0 radical (unpaired) electrons. The number of rotatable bonds is 8. The van der Waals surface area contributed by atoms with Crippen LogP contribution in [0.25, 0.3) is 0 Å². The van der Waals surface area contributed by atoms with Crippen molar-refractivity contribution in [3.63, 3.8) is 0 Å². The van der Waals surface area contributed by atoms with E-state index >= 15 is 0 Å². The maximum atomic E-state index is 11.9. The van der Waals surface area contributed by atoms with Crippen LogP contribution in [-0.2, 0) is 14.3 Å². The third-order valence-corrected chi connectivity index (χ3v) is 2.42. The second kappa shape index (κ2) is 8.30. The Labute approximate surface area is 111 Å². The van der Waals surface area contributed by atoms with Crippen molar-refractivity contribution in [3.05, 3.63) is 0 Å². The summed E-state index contributed by atoms with van der Waals surface area (Å²) in [6, 6.07) is -2.02. The first-order valence-electron chi connectivity index (χ1n) is 5.86. The summed E-state index contributed by atoms with van der Waals surface area (Å²) in [5.74, 6) is -2.09. The molecule has 0 fully saturated rings. The predicted octanol–water partition coefficient (Wildman–Crippen LogP) is -0.619. The molecule has 0 aliphatic heterocycles. The smallest absolute Gasteiger partial charge is 0.326 e. The zero-order valence-electron chi connectivity index (χ0n) is 11.4. The van der Waals surface area contributed by atoms with Crippen molar-refractivity contribution in [2.45, 2.75) is 32.4 Å². The monoisotopic (exact) mass is 275 g/mol. The Morgan fingerprint density at radius 3 is 2.32 bits per heavy atom. The third-order valence-electron chi connectivity index (χ3n) is 2.42. The maximum Gasteiger partial charge on any atom is 0.326 e. The van der Waals surface area contributed by atoms with Gasteiger partial charge in [0, 0.05) is 19.7 Å². The van der Waals surface area contributed by atoms with Crippen LogP contribution in [-0.4, -0.2) is 60.3 Å². The number of hydrogen-bond acceptors (Lipinski definition) is 4. The number of amides is 3. The maximum absolute atomic E-state index is 11.9. The number of nitrogens with one attached hydrogen (secondary N) is 1. The van der Waals surface area contributed by atoms with E-state index in [-0.39, 0.29) is 6.04 Å². The van der Waals surface area contributed by atoms with Gasteiger partial charge in [-0.25, -0.2) is 9.59 Å². The van der Waals surface area contributed by atoms with Crippen LogP contribution < -0.4 is 11.1 Å². The first-order chi connectivity index (χ1) is 8.79. The molecule has 8 heteroatoms. The molecule has 0 aromatic heterocycles. The Morgan fingerprint density at radius 1 is 1.37 bits per heavy atom. The number of nitrogens with zero attached hydrogens (tertiary/aromatic N) is 1. The molecule has 4 N–H and O–H groups in total. The van der Waals surface area contributed by atoms with Gasteiger partial charge in [-0.15, -0.1) is 0 Å². The number of ether oxygens (including phenoxy) is 1. The van der Waals surface area contributed by atoms with Gasteiger partial charge in [-0.1, -0.05) is 0 Å². The number of carbonyl (C=O) groups excluding carboxylic acids is 2. The van der Waals surface area contributed by atoms with Crippen LogP contribution in [0, 0.1) is 0 Å². The van der Waals surface area contributed by atoms with Gasteiger partial charge < -0.3 is 25.8 Å². The van der Waals surface area contributed by atoms with E-state index in [4.69, 9.17) is 15.6 Å². The largest absolute Gasteiger partial charge is 0.480 e. The number of nitrogens with two attached hydrogens (primary N) is 1. The zero-order chi connectivity index (χ0) is 15.0. The average molecular weight is 275 g/mol. The van der Waals surface area contributed by atoms with Gasteiger partial charge in [-0.3, -0.25) is 4.79 Å². The lowest BCUT2D eigenvalue weighted by Gasteiger charge is -2.28. The highest BCUT2D eigenvalue weighted by Gasteiger charge is 2.25. The summed E-state index contributed by atoms with van der Waals surface area (Å²) in [4.78, 5) is 35.0. The molecule has 19 heavy (non-hydrogen) atoms. The molecular formula is C11H21N3O5. The number of urea groups is 1. The normalized spacial score (nSPS) is 12.0. The van der Waals surface area contributed by atoms with E-state index < -0.39 is 30.4 Å². The molecule has 0 spiro atoms. The van der Waals surface area contributed by atoms with Gasteiger partial charge in [0.15, 0.2) is 0 Å². The first-order valence-corrected chi connectivity index (χ1v) is 5.86. The predicted molar refractivity (Wildman–Crippen MR) is 67.5 cm³/mol. The molecule has 0 aromatic rings. The Hall–Kier alpha value is -1.83. The van der Waals surface area contributed by atoms with Crippen LogP contribution in [0.4, 0.5) is 4.79 Å². The molecular weight excluding hydrogens is 254 g/mol. The average Bonchev–Trinajstić information content (AvgIpc) is 2.27. The molecule has 3 amide bonds. The fourth-order valence-electron chi connectivity index (χ4n) is 1.42. The highest BCUT2D eigenvalue weighted by Crippen LogP contribution is 2.01. The van der Waals surface area contributed by atoms with E-state index in [9.17, 15) is 14.4 Å². The minimum atomic E-state index is -1.33. The Balaban J connectivity index is 4.65. The SMILES string of the molecule is COCCN(C(=O)NC(CC(N)=O)C(=O)O)C(C)C. The Bertz CT molecular complexity index is 332. The summed E-state index contributed by atoms with van der Waals surface area (Å²) < 4.78 is 4.88. The topological polar surface area (TPSA) is 122 Å². The van der Waals surface area contributed by atoms with E-state index in [1.165, 1.54) is 12.0 Å². The lowest BCUT2D eigenvalue weighted by Crippen LogP contribution is -2.52. The van der Waals surface area contributed by atoms with Crippen LogP contribution in [0.1, 0.15) is 20.3 Å². The lowest BCUT2D eigenvalue weighted by atomic mass is 10.2. The number of hydrogen-bond donors (Lipinski definition) is 3. The number of carbonyl (C=O) groups is 3. The van der Waals surface area contributed by atoms with Gasteiger partial charge in [-0.2, -0.15) is 0 Å². The number of primary amides is 1. The van der Waals surface area contributed by atoms with E-state index in [0.717, 1.165) is 0 Å². The standard InChI is InChI=1S/C11H21N3O5/c1-7(2)14(4-5-19-3)11(18)13-8(10(16)17)6-9(12)15/h7-8H,4-6H2,1-3H3,(H2,12,15)(H,13,18)(H,16,17). The fourth-order valence-corrected chi connectivity index (χ4v) is 1.42. The molecule has 0 heterocycles. The number of aliphatic carboxylic acids is 1. The minimum Gasteiger partial charge on any atom is -0.480 e. The van der Waals surface area contributed by atoms with Gasteiger partial charge in [0.25, 0.3) is 0 Å². The van der Waals surface area contributed by atoms with Crippen LogP contribution in [0.15, 0.2) is 0 Å². The summed E-state index contributed by atoms with van der Waals surface area (Å²) >= 11 is 0. The summed E-state index contributed by atoms with van der Waals surface area (Å²) in [6.07, 6.45) is -0.447. The van der Waals surface area contributed by atoms with E-state index in [0.29, 0.717) is 13.2 Å². The summed E-state index contributed by atoms with van der Waals surface area (Å²) in [7, 11) is 1.50. The second-order valence-corrected chi connectivity index (χ2v) is 4.29. The molecule has 1 atom stereocenters. The molecule has 0 saturated carbocycles. The van der Waals surface area contributed by atoms with Crippen molar-refractivity contribution in [2.24, 2.45) is 5.73 Å². The molecule has 110 valence electrons. The second-order valence-electron chi connectivity index (χ2n) is 4.29. The van der Waals surface area contributed by atoms with E-state index in [2.05, 4.69) is 5.32 Å². The molecule has 0 rings (SSSR count). The van der Waals surface area contributed by atoms with Crippen molar-refractivity contribution < 1.29 is 24.2 Å².